The van der Waals surface area contributed by atoms with Crippen LogP contribution in [0, 0.1) is 29.4 Å². The molecule has 2 aliphatic rings. The van der Waals surface area contributed by atoms with Crippen LogP contribution in [0.4, 0.5) is 22.0 Å². The van der Waals surface area contributed by atoms with E-state index in [2.05, 4.69) is 17.4 Å². The number of halogens is 5. The highest BCUT2D eigenvalue weighted by atomic mass is 19.4. The first-order valence-electron chi connectivity index (χ1n) is 10.6. The Balaban J connectivity index is 1.48. The molecule has 1 aromatic rings. The van der Waals surface area contributed by atoms with E-state index in [9.17, 15) is 22.0 Å². The molecule has 162 valence electrons. The van der Waals surface area contributed by atoms with Gasteiger partial charge in [-0.05, 0) is 92.7 Å². The summed E-state index contributed by atoms with van der Waals surface area (Å²) in [6.45, 7) is 3.89. The van der Waals surface area contributed by atoms with E-state index in [1.807, 2.05) is 0 Å². The first-order chi connectivity index (χ1) is 13.7. The van der Waals surface area contributed by atoms with Crippen LogP contribution in [0.25, 0.3) is 0 Å². The summed E-state index contributed by atoms with van der Waals surface area (Å²) >= 11 is 0. The van der Waals surface area contributed by atoms with E-state index >= 15 is 0 Å². The van der Waals surface area contributed by atoms with Crippen molar-refractivity contribution in [3.8, 4) is 5.75 Å². The highest BCUT2D eigenvalue weighted by molar-refractivity contribution is 5.33. The van der Waals surface area contributed by atoms with Crippen molar-refractivity contribution in [3.05, 3.63) is 42.0 Å². The molecule has 0 atom stereocenters. The van der Waals surface area contributed by atoms with Crippen LogP contribution in [0.2, 0.25) is 0 Å². The number of hydrogen-bond donors (Lipinski definition) is 0. The average molecular weight is 416 g/mol. The summed E-state index contributed by atoms with van der Waals surface area (Å²) in [6, 6.07) is 1.99. The standard InChI is InChI=1S/C23H29F5O/c1-2-15-3-5-16(6-4-15)7-8-17-9-11-18(12-10-17)19-13-20(24)22(21(25)14-19)29-23(26,27)28/h2,13-18H,1,3-12H2/t15-,16-,17-,18-. The summed E-state index contributed by atoms with van der Waals surface area (Å²) in [6.07, 6.45) is 8.04. The maximum atomic E-state index is 14.0. The third-order valence-corrected chi connectivity index (χ3v) is 6.76. The molecule has 1 aromatic carbocycles. The quantitative estimate of drug-likeness (QED) is 0.338. The van der Waals surface area contributed by atoms with Crippen molar-refractivity contribution in [2.24, 2.45) is 17.8 Å². The van der Waals surface area contributed by atoms with E-state index in [1.54, 1.807) is 0 Å². The van der Waals surface area contributed by atoms with Gasteiger partial charge in [-0.15, -0.1) is 19.8 Å². The van der Waals surface area contributed by atoms with Crippen molar-refractivity contribution in [2.75, 3.05) is 0 Å². The Kier molecular flexibility index (Phi) is 7.23. The molecule has 0 spiro atoms. The lowest BCUT2D eigenvalue weighted by Crippen LogP contribution is -2.20. The smallest absolute Gasteiger partial charge is 0.399 e. The molecule has 2 aliphatic carbocycles. The van der Waals surface area contributed by atoms with Gasteiger partial charge in [-0.1, -0.05) is 18.9 Å². The largest absolute Gasteiger partial charge is 0.573 e. The summed E-state index contributed by atoms with van der Waals surface area (Å²) in [5, 5.41) is 0. The van der Waals surface area contributed by atoms with Gasteiger partial charge in [0, 0.05) is 0 Å². The predicted molar refractivity (Wildman–Crippen MR) is 103 cm³/mol. The molecule has 0 N–H and O–H groups in total. The lowest BCUT2D eigenvalue weighted by atomic mass is 9.74. The van der Waals surface area contributed by atoms with Gasteiger partial charge in [0.2, 0.25) is 5.75 Å². The molecule has 29 heavy (non-hydrogen) atoms. The number of ether oxygens (including phenoxy) is 1. The first kappa shape index (κ1) is 22.1. The Labute approximate surface area is 169 Å². The van der Waals surface area contributed by atoms with Gasteiger partial charge in [0.1, 0.15) is 0 Å². The van der Waals surface area contributed by atoms with Crippen molar-refractivity contribution < 1.29 is 26.7 Å². The Hall–Kier alpha value is -1.59. The van der Waals surface area contributed by atoms with Crippen LogP contribution in [-0.2, 0) is 0 Å². The minimum Gasteiger partial charge on any atom is -0.399 e. The number of hydrogen-bond acceptors (Lipinski definition) is 1. The van der Waals surface area contributed by atoms with Crippen molar-refractivity contribution in [1.82, 2.24) is 0 Å². The fourth-order valence-corrected chi connectivity index (χ4v) is 5.00. The highest BCUT2D eigenvalue weighted by Gasteiger charge is 2.34. The molecule has 2 fully saturated rings. The molecule has 3 rings (SSSR count). The minimum absolute atomic E-state index is 0.0155. The number of alkyl halides is 3. The topological polar surface area (TPSA) is 9.23 Å². The zero-order chi connectivity index (χ0) is 21.0. The van der Waals surface area contributed by atoms with Crippen LogP contribution in [0.1, 0.15) is 75.7 Å². The van der Waals surface area contributed by atoms with Gasteiger partial charge in [-0.25, -0.2) is 8.78 Å². The number of rotatable bonds is 6. The van der Waals surface area contributed by atoms with Crippen molar-refractivity contribution in [1.29, 1.82) is 0 Å². The zero-order valence-corrected chi connectivity index (χ0v) is 16.6. The monoisotopic (exact) mass is 416 g/mol. The van der Waals surface area contributed by atoms with Crippen LogP contribution in [0.3, 0.4) is 0 Å². The maximum Gasteiger partial charge on any atom is 0.573 e. The lowest BCUT2D eigenvalue weighted by molar-refractivity contribution is -0.276. The summed E-state index contributed by atoms with van der Waals surface area (Å²) in [4.78, 5) is 0. The number of allylic oxidation sites excluding steroid dienone is 1. The van der Waals surface area contributed by atoms with E-state index in [0.29, 0.717) is 17.4 Å². The van der Waals surface area contributed by atoms with Gasteiger partial charge in [0.05, 0.1) is 0 Å². The zero-order valence-electron chi connectivity index (χ0n) is 16.6. The second-order valence-electron chi connectivity index (χ2n) is 8.67. The second-order valence-corrected chi connectivity index (χ2v) is 8.67. The SMILES string of the molecule is C=C[C@H]1CC[C@H](CC[C@H]2CC[C@H](c3cc(F)c(OC(F)(F)F)c(F)c3)CC2)CC1. The Morgan fingerprint density at radius 1 is 0.862 bits per heavy atom. The third kappa shape index (κ3) is 6.19. The van der Waals surface area contributed by atoms with Crippen LogP contribution in [0.15, 0.2) is 24.8 Å². The van der Waals surface area contributed by atoms with Crippen LogP contribution in [-0.4, -0.2) is 6.36 Å². The minimum atomic E-state index is -5.12. The molecule has 0 bridgehead atoms. The molecular formula is C23H29F5O. The Bertz CT molecular complexity index is 660. The molecule has 0 saturated heterocycles. The average Bonchev–Trinajstić information content (AvgIpc) is 2.69. The fourth-order valence-electron chi connectivity index (χ4n) is 5.00. The van der Waals surface area contributed by atoms with Gasteiger partial charge in [0.25, 0.3) is 0 Å². The lowest BCUT2D eigenvalue weighted by Gasteiger charge is -2.31. The van der Waals surface area contributed by atoms with E-state index in [1.165, 1.54) is 38.5 Å². The van der Waals surface area contributed by atoms with Crippen molar-refractivity contribution in [3.63, 3.8) is 0 Å². The van der Waals surface area contributed by atoms with Gasteiger partial charge >= 0.3 is 6.36 Å². The van der Waals surface area contributed by atoms with E-state index in [0.717, 1.165) is 43.7 Å². The normalized spacial score (nSPS) is 28.2. The third-order valence-electron chi connectivity index (χ3n) is 6.76. The Morgan fingerprint density at radius 2 is 1.34 bits per heavy atom. The molecule has 0 radical (unpaired) electrons. The summed E-state index contributed by atoms with van der Waals surface area (Å²) < 4.78 is 68.3. The van der Waals surface area contributed by atoms with Gasteiger partial charge in [-0.2, -0.15) is 0 Å². The predicted octanol–water partition coefficient (Wildman–Crippen LogP) is 7.91. The molecule has 0 amide bonds. The van der Waals surface area contributed by atoms with E-state index in [4.69, 9.17) is 0 Å². The van der Waals surface area contributed by atoms with Gasteiger partial charge < -0.3 is 4.74 Å². The van der Waals surface area contributed by atoms with Crippen molar-refractivity contribution in [2.45, 2.75) is 76.5 Å². The molecule has 6 heteroatoms. The van der Waals surface area contributed by atoms with Crippen molar-refractivity contribution >= 4 is 0 Å². The van der Waals surface area contributed by atoms with Crippen LogP contribution < -0.4 is 4.74 Å². The summed E-state index contributed by atoms with van der Waals surface area (Å²) in [5.74, 6) is -1.88. The first-order valence-corrected chi connectivity index (χ1v) is 10.6. The molecular weight excluding hydrogens is 387 g/mol. The van der Waals surface area contributed by atoms with Gasteiger partial charge in [-0.3, -0.25) is 0 Å². The van der Waals surface area contributed by atoms with E-state index in [-0.39, 0.29) is 5.92 Å². The molecule has 0 unspecified atom stereocenters. The molecule has 0 aliphatic heterocycles. The molecule has 2 saturated carbocycles. The summed E-state index contributed by atoms with van der Waals surface area (Å²) in [5.41, 5.74) is 0.427. The molecule has 1 nitrogen and oxygen atoms in total. The maximum absolute atomic E-state index is 14.0. The Morgan fingerprint density at radius 3 is 1.79 bits per heavy atom. The summed E-state index contributed by atoms with van der Waals surface area (Å²) in [7, 11) is 0. The highest BCUT2D eigenvalue weighted by Crippen LogP contribution is 2.41. The molecule has 0 aromatic heterocycles. The van der Waals surface area contributed by atoms with Crippen LogP contribution in [0.5, 0.6) is 5.75 Å². The van der Waals surface area contributed by atoms with E-state index < -0.39 is 23.7 Å². The van der Waals surface area contributed by atoms with Gasteiger partial charge in [0.15, 0.2) is 11.6 Å². The molecule has 0 heterocycles. The number of benzene rings is 1. The fraction of sp³-hybridized carbons (Fsp3) is 0.652. The second kappa shape index (κ2) is 9.48. The van der Waals surface area contributed by atoms with Crippen LogP contribution >= 0.6 is 0 Å².